The molecule has 8 heteroatoms. The number of hydrogen-bond donors (Lipinski definition) is 3. The number of aliphatic carboxylic acids is 1. The largest absolute Gasteiger partial charge is 0.480 e. The van der Waals surface area contributed by atoms with E-state index in [1.165, 1.54) is 14.0 Å². The fraction of sp³-hybridized carbons (Fsp3) is 0.889. The van der Waals surface area contributed by atoms with Crippen molar-refractivity contribution in [3.05, 3.63) is 0 Å². The molecular formula is C9H20N2O5S. The summed E-state index contributed by atoms with van der Waals surface area (Å²) in [4.78, 5) is 11.0. The summed E-state index contributed by atoms with van der Waals surface area (Å²) in [6.45, 7) is 3.44. The van der Waals surface area contributed by atoms with Crippen molar-refractivity contribution >= 4 is 16.2 Å². The Labute approximate surface area is 102 Å². The predicted molar refractivity (Wildman–Crippen MR) is 62.9 cm³/mol. The number of hydrogen-bond acceptors (Lipinski definition) is 4. The number of methoxy groups -OCH3 is 1. The SMILES string of the molecule is CCCC(C)(NS(=O)(=O)NCCOC)C(=O)O. The van der Waals surface area contributed by atoms with Gasteiger partial charge < -0.3 is 9.84 Å². The van der Waals surface area contributed by atoms with Crippen LogP contribution in [0.5, 0.6) is 0 Å². The average molecular weight is 268 g/mol. The summed E-state index contributed by atoms with van der Waals surface area (Å²) in [7, 11) is -2.39. The first-order valence-corrected chi connectivity index (χ1v) is 6.76. The molecule has 0 aliphatic carbocycles. The van der Waals surface area contributed by atoms with Crippen LogP contribution >= 0.6 is 0 Å². The number of ether oxygens (including phenoxy) is 1. The van der Waals surface area contributed by atoms with E-state index in [0.29, 0.717) is 6.42 Å². The smallest absolute Gasteiger partial charge is 0.324 e. The molecule has 3 N–H and O–H groups in total. The van der Waals surface area contributed by atoms with Gasteiger partial charge in [0.25, 0.3) is 10.2 Å². The average Bonchev–Trinajstić information content (AvgIpc) is 2.16. The van der Waals surface area contributed by atoms with Crippen molar-refractivity contribution in [2.45, 2.75) is 32.2 Å². The van der Waals surface area contributed by atoms with Gasteiger partial charge in [-0.15, -0.1) is 0 Å². The summed E-state index contributed by atoms with van der Waals surface area (Å²) in [5.74, 6) is -1.20. The van der Waals surface area contributed by atoms with Crippen LogP contribution in [0.4, 0.5) is 0 Å². The quantitative estimate of drug-likeness (QED) is 0.498. The Morgan fingerprint density at radius 2 is 2.06 bits per heavy atom. The third-order valence-corrected chi connectivity index (χ3v) is 3.48. The molecule has 1 atom stereocenters. The summed E-state index contributed by atoms with van der Waals surface area (Å²) in [5, 5.41) is 9.02. The zero-order valence-corrected chi connectivity index (χ0v) is 11.1. The number of rotatable bonds is 9. The Balaban J connectivity index is 4.59. The third kappa shape index (κ3) is 5.97. The first kappa shape index (κ1) is 16.3. The molecule has 0 amide bonds. The minimum atomic E-state index is -3.84. The molecule has 1 unspecified atom stereocenters. The first-order chi connectivity index (χ1) is 7.77. The van der Waals surface area contributed by atoms with Gasteiger partial charge in [-0.25, -0.2) is 0 Å². The van der Waals surface area contributed by atoms with Gasteiger partial charge in [-0.2, -0.15) is 17.9 Å². The molecule has 0 heterocycles. The van der Waals surface area contributed by atoms with Crippen molar-refractivity contribution in [1.29, 1.82) is 0 Å². The van der Waals surface area contributed by atoms with Crippen LogP contribution in [0.2, 0.25) is 0 Å². The predicted octanol–water partition coefficient (Wildman–Crippen LogP) is -0.300. The van der Waals surface area contributed by atoms with Crippen molar-refractivity contribution in [3.63, 3.8) is 0 Å². The summed E-state index contributed by atoms with van der Waals surface area (Å²) in [6, 6.07) is 0. The molecule has 0 aliphatic rings. The van der Waals surface area contributed by atoms with Gasteiger partial charge in [-0.3, -0.25) is 4.79 Å². The Morgan fingerprint density at radius 1 is 1.47 bits per heavy atom. The van der Waals surface area contributed by atoms with Crippen molar-refractivity contribution in [2.24, 2.45) is 0 Å². The Bertz CT molecular complexity index is 343. The van der Waals surface area contributed by atoms with Gasteiger partial charge in [0, 0.05) is 13.7 Å². The van der Waals surface area contributed by atoms with Crippen LogP contribution in [0.25, 0.3) is 0 Å². The molecular weight excluding hydrogens is 248 g/mol. The summed E-state index contributed by atoms with van der Waals surface area (Å²) in [5.41, 5.74) is -1.49. The van der Waals surface area contributed by atoms with Crippen molar-refractivity contribution in [1.82, 2.24) is 9.44 Å². The molecule has 0 aliphatic heterocycles. The lowest BCUT2D eigenvalue weighted by Gasteiger charge is -2.25. The minimum absolute atomic E-state index is 0.0909. The van der Waals surface area contributed by atoms with E-state index in [2.05, 4.69) is 9.44 Å². The van der Waals surface area contributed by atoms with Gasteiger partial charge in [0.1, 0.15) is 5.54 Å². The maximum absolute atomic E-state index is 11.6. The molecule has 0 saturated carbocycles. The maximum atomic E-state index is 11.6. The van der Waals surface area contributed by atoms with E-state index in [0.717, 1.165) is 0 Å². The molecule has 0 radical (unpaired) electrons. The highest BCUT2D eigenvalue weighted by Gasteiger charge is 2.36. The van der Waals surface area contributed by atoms with Crippen LogP contribution < -0.4 is 9.44 Å². The molecule has 0 rings (SSSR count). The molecule has 0 aromatic rings. The van der Waals surface area contributed by atoms with Crippen LogP contribution in [0.1, 0.15) is 26.7 Å². The molecule has 0 saturated heterocycles. The molecule has 17 heavy (non-hydrogen) atoms. The molecule has 0 aromatic heterocycles. The van der Waals surface area contributed by atoms with Crippen molar-refractivity contribution < 1.29 is 23.1 Å². The van der Waals surface area contributed by atoms with Crippen LogP contribution in [-0.4, -0.2) is 45.3 Å². The van der Waals surface area contributed by atoms with Gasteiger partial charge in [-0.05, 0) is 13.3 Å². The molecule has 102 valence electrons. The lowest BCUT2D eigenvalue weighted by atomic mass is 9.98. The summed E-state index contributed by atoms with van der Waals surface area (Å²) >= 11 is 0. The van der Waals surface area contributed by atoms with E-state index in [4.69, 9.17) is 9.84 Å². The van der Waals surface area contributed by atoms with Crippen molar-refractivity contribution in [3.8, 4) is 0 Å². The summed E-state index contributed by atoms with van der Waals surface area (Å²) in [6.07, 6.45) is 0.775. The highest BCUT2D eigenvalue weighted by molar-refractivity contribution is 7.87. The minimum Gasteiger partial charge on any atom is -0.480 e. The fourth-order valence-corrected chi connectivity index (χ4v) is 2.52. The Morgan fingerprint density at radius 3 is 2.47 bits per heavy atom. The summed E-state index contributed by atoms with van der Waals surface area (Å²) < 4.78 is 32.1. The second-order valence-corrected chi connectivity index (χ2v) is 5.38. The highest BCUT2D eigenvalue weighted by Crippen LogP contribution is 2.13. The fourth-order valence-electron chi connectivity index (χ4n) is 1.31. The monoisotopic (exact) mass is 268 g/mol. The first-order valence-electron chi connectivity index (χ1n) is 5.28. The van der Waals surface area contributed by atoms with Gasteiger partial charge in [-0.1, -0.05) is 13.3 Å². The van der Waals surface area contributed by atoms with E-state index in [-0.39, 0.29) is 19.6 Å². The number of carboxylic acids is 1. The molecule has 0 bridgehead atoms. The molecule has 0 spiro atoms. The van der Waals surface area contributed by atoms with Gasteiger partial charge in [0.15, 0.2) is 0 Å². The second-order valence-electron chi connectivity index (χ2n) is 3.88. The standard InChI is InChI=1S/C9H20N2O5S/c1-4-5-9(2,8(12)13)11-17(14,15)10-6-7-16-3/h10-11H,4-7H2,1-3H3,(H,12,13). The van der Waals surface area contributed by atoms with Crippen molar-refractivity contribution in [2.75, 3.05) is 20.3 Å². The lowest BCUT2D eigenvalue weighted by molar-refractivity contribution is -0.143. The third-order valence-electron chi connectivity index (χ3n) is 2.18. The van der Waals surface area contributed by atoms with Crippen LogP contribution in [0.15, 0.2) is 0 Å². The topological polar surface area (TPSA) is 105 Å². The molecule has 0 fully saturated rings. The molecule has 0 aromatic carbocycles. The van der Waals surface area contributed by atoms with Crippen LogP contribution in [0.3, 0.4) is 0 Å². The van der Waals surface area contributed by atoms with E-state index >= 15 is 0 Å². The highest BCUT2D eigenvalue weighted by atomic mass is 32.2. The van der Waals surface area contributed by atoms with Gasteiger partial charge in [0.2, 0.25) is 0 Å². The van der Waals surface area contributed by atoms with Crippen LogP contribution in [-0.2, 0) is 19.7 Å². The Hall–Kier alpha value is -0.700. The van der Waals surface area contributed by atoms with E-state index in [9.17, 15) is 13.2 Å². The number of nitrogens with one attached hydrogen (secondary N) is 2. The maximum Gasteiger partial charge on any atom is 0.324 e. The molecule has 7 nitrogen and oxygen atoms in total. The number of carbonyl (C=O) groups is 1. The van der Waals surface area contributed by atoms with Gasteiger partial charge >= 0.3 is 5.97 Å². The lowest BCUT2D eigenvalue weighted by Crippen LogP contribution is -2.55. The normalized spacial score (nSPS) is 15.5. The van der Waals surface area contributed by atoms with E-state index in [1.54, 1.807) is 6.92 Å². The zero-order valence-electron chi connectivity index (χ0n) is 10.3. The number of carboxylic acid groups (broad SMARTS) is 1. The zero-order chi connectivity index (χ0) is 13.5. The second kappa shape index (κ2) is 6.90. The van der Waals surface area contributed by atoms with E-state index < -0.39 is 21.7 Å². The Kier molecular flexibility index (Phi) is 6.61. The van der Waals surface area contributed by atoms with Crippen LogP contribution in [0, 0.1) is 0 Å². The van der Waals surface area contributed by atoms with Gasteiger partial charge in [0.05, 0.1) is 6.61 Å². The van der Waals surface area contributed by atoms with E-state index in [1.807, 2.05) is 0 Å².